The zero-order valence-electron chi connectivity index (χ0n) is 11.2. The topological polar surface area (TPSA) is 21.3 Å². The number of rotatable bonds is 1. The summed E-state index contributed by atoms with van der Waals surface area (Å²) in [5.41, 5.74) is 3.04. The van der Waals surface area contributed by atoms with Gasteiger partial charge in [0.25, 0.3) is 0 Å². The summed E-state index contributed by atoms with van der Waals surface area (Å²) < 4.78 is 5.87. The molecule has 0 aromatic heterocycles. The summed E-state index contributed by atoms with van der Waals surface area (Å²) in [6.07, 6.45) is -0.239. The molecule has 4 rings (SSSR count). The van der Waals surface area contributed by atoms with Crippen molar-refractivity contribution in [3.8, 4) is 0 Å². The fourth-order valence-corrected chi connectivity index (χ4v) is 2.92. The third kappa shape index (κ3) is 2.16. The van der Waals surface area contributed by atoms with Crippen molar-refractivity contribution in [1.29, 1.82) is 0 Å². The van der Waals surface area contributed by atoms with Crippen molar-refractivity contribution in [2.45, 2.75) is 6.23 Å². The van der Waals surface area contributed by atoms with E-state index in [1.807, 2.05) is 36.4 Å². The minimum Gasteiger partial charge on any atom is -0.455 e. The second-order valence-electron chi connectivity index (χ2n) is 5.08. The average Bonchev–Trinajstić information content (AvgIpc) is 2.54. The van der Waals surface area contributed by atoms with E-state index < -0.39 is 0 Å². The molecule has 1 atom stereocenters. The molecule has 0 aliphatic carbocycles. The molecule has 2 nitrogen and oxygen atoms in total. The van der Waals surface area contributed by atoms with Crippen molar-refractivity contribution in [1.82, 2.24) is 0 Å². The van der Waals surface area contributed by atoms with E-state index in [2.05, 4.69) is 35.6 Å². The largest absolute Gasteiger partial charge is 0.455 e. The number of hydrogen-bond donors (Lipinski definition) is 1. The van der Waals surface area contributed by atoms with Crippen LogP contribution in [0.25, 0.3) is 10.8 Å². The maximum Gasteiger partial charge on any atom is 0.197 e. The molecule has 0 fully saturated rings. The molecule has 1 aliphatic heterocycles. The fourth-order valence-electron chi connectivity index (χ4n) is 2.65. The van der Waals surface area contributed by atoms with Crippen LogP contribution in [-0.2, 0) is 4.74 Å². The van der Waals surface area contributed by atoms with Gasteiger partial charge in [-0.05, 0) is 41.2 Å². The van der Waals surface area contributed by atoms with Crippen LogP contribution in [0.3, 0.4) is 0 Å². The second-order valence-corrected chi connectivity index (χ2v) is 5.45. The molecular weight excluding hydrogens is 278 g/mol. The number of anilines is 1. The molecule has 0 spiro atoms. The van der Waals surface area contributed by atoms with Gasteiger partial charge in [0.05, 0.1) is 5.56 Å². The van der Waals surface area contributed by atoms with Gasteiger partial charge < -0.3 is 10.1 Å². The normalized spacial score (nSPS) is 17.0. The Morgan fingerprint density at radius 1 is 0.857 bits per heavy atom. The molecule has 1 unspecified atom stereocenters. The molecule has 3 heteroatoms. The predicted octanol–water partition coefficient (Wildman–Crippen LogP) is 4.66. The highest BCUT2D eigenvalue weighted by atomic mass is 32.1. The van der Waals surface area contributed by atoms with Gasteiger partial charge in [-0.25, -0.2) is 0 Å². The molecule has 102 valence electrons. The summed E-state index contributed by atoms with van der Waals surface area (Å²) in [6, 6.07) is 22.6. The van der Waals surface area contributed by atoms with E-state index in [1.165, 1.54) is 10.8 Å². The van der Waals surface area contributed by atoms with E-state index >= 15 is 0 Å². The van der Waals surface area contributed by atoms with Gasteiger partial charge in [0.2, 0.25) is 0 Å². The van der Waals surface area contributed by atoms with Gasteiger partial charge in [0, 0.05) is 11.3 Å². The number of para-hydroxylation sites is 1. The lowest BCUT2D eigenvalue weighted by Gasteiger charge is -2.28. The Morgan fingerprint density at radius 3 is 2.52 bits per heavy atom. The minimum atomic E-state index is -0.239. The molecule has 3 aromatic rings. The van der Waals surface area contributed by atoms with Crippen LogP contribution >= 0.6 is 12.2 Å². The third-order valence-corrected chi connectivity index (χ3v) is 4.05. The summed E-state index contributed by atoms with van der Waals surface area (Å²) in [5.74, 6) is 0. The van der Waals surface area contributed by atoms with Crippen molar-refractivity contribution >= 4 is 33.7 Å². The Kier molecular flexibility index (Phi) is 2.86. The van der Waals surface area contributed by atoms with Crippen molar-refractivity contribution < 1.29 is 4.74 Å². The van der Waals surface area contributed by atoms with Crippen LogP contribution < -0.4 is 5.32 Å². The van der Waals surface area contributed by atoms with Gasteiger partial charge in [0.1, 0.15) is 0 Å². The van der Waals surface area contributed by atoms with Crippen molar-refractivity contribution in [3.63, 3.8) is 0 Å². The Morgan fingerprint density at radius 2 is 1.62 bits per heavy atom. The quantitative estimate of drug-likeness (QED) is 0.659. The van der Waals surface area contributed by atoms with E-state index in [1.54, 1.807) is 0 Å². The molecule has 0 bridgehead atoms. The Hall–Kier alpha value is -2.39. The van der Waals surface area contributed by atoms with E-state index in [0.29, 0.717) is 5.05 Å². The predicted molar refractivity (Wildman–Crippen MR) is 89.5 cm³/mol. The van der Waals surface area contributed by atoms with Crippen LogP contribution in [0.1, 0.15) is 17.4 Å². The third-order valence-electron chi connectivity index (χ3n) is 3.73. The maximum atomic E-state index is 5.87. The van der Waals surface area contributed by atoms with Crippen LogP contribution in [0.15, 0.2) is 66.7 Å². The molecular formula is C18H13NOS. The Balaban J connectivity index is 1.75. The average molecular weight is 291 g/mol. The highest BCUT2D eigenvalue weighted by Gasteiger charge is 2.23. The lowest BCUT2D eigenvalue weighted by molar-refractivity contribution is 0.224. The molecule has 1 N–H and O–H groups in total. The van der Waals surface area contributed by atoms with Crippen molar-refractivity contribution in [2.75, 3.05) is 5.32 Å². The van der Waals surface area contributed by atoms with E-state index in [-0.39, 0.29) is 6.23 Å². The lowest BCUT2D eigenvalue weighted by atomic mass is 10.0. The highest BCUT2D eigenvalue weighted by Crippen LogP contribution is 2.32. The standard InChI is InChI=1S/C18H13NOS/c21-18-15-7-3-4-8-16(15)19-17(20-18)14-10-9-12-5-1-2-6-13(12)11-14/h1-11,17,19H. The molecule has 1 heterocycles. The first-order valence-electron chi connectivity index (χ1n) is 6.86. The molecule has 0 radical (unpaired) electrons. The smallest absolute Gasteiger partial charge is 0.197 e. The first kappa shape index (κ1) is 12.4. The van der Waals surface area contributed by atoms with Gasteiger partial charge in [-0.1, -0.05) is 48.5 Å². The van der Waals surface area contributed by atoms with Crippen molar-refractivity contribution in [3.05, 3.63) is 77.9 Å². The van der Waals surface area contributed by atoms with Gasteiger partial charge in [0.15, 0.2) is 11.3 Å². The monoisotopic (exact) mass is 291 g/mol. The number of thiocarbonyl (C=S) groups is 1. The Bertz CT molecular complexity index is 843. The molecule has 1 aliphatic rings. The molecule has 0 amide bonds. The van der Waals surface area contributed by atoms with E-state index in [4.69, 9.17) is 17.0 Å². The molecule has 0 saturated carbocycles. The van der Waals surface area contributed by atoms with Crippen LogP contribution in [0.4, 0.5) is 5.69 Å². The SMILES string of the molecule is S=C1OC(c2ccc3ccccc3c2)Nc2ccccc21. The van der Waals surface area contributed by atoms with Gasteiger partial charge in [-0.15, -0.1) is 0 Å². The number of nitrogens with one attached hydrogen (secondary N) is 1. The Labute approximate surface area is 128 Å². The van der Waals surface area contributed by atoms with Gasteiger partial charge >= 0.3 is 0 Å². The molecule has 3 aromatic carbocycles. The van der Waals surface area contributed by atoms with E-state index in [0.717, 1.165) is 16.8 Å². The zero-order valence-corrected chi connectivity index (χ0v) is 12.1. The zero-order chi connectivity index (χ0) is 14.2. The van der Waals surface area contributed by atoms with E-state index in [9.17, 15) is 0 Å². The number of ether oxygens (including phenoxy) is 1. The first-order valence-corrected chi connectivity index (χ1v) is 7.27. The summed E-state index contributed by atoms with van der Waals surface area (Å²) in [7, 11) is 0. The summed E-state index contributed by atoms with van der Waals surface area (Å²) in [4.78, 5) is 0. The maximum absolute atomic E-state index is 5.87. The van der Waals surface area contributed by atoms with Gasteiger partial charge in [-0.2, -0.15) is 0 Å². The lowest BCUT2D eigenvalue weighted by Crippen LogP contribution is -2.24. The first-order chi connectivity index (χ1) is 10.3. The van der Waals surface area contributed by atoms with Crippen molar-refractivity contribution in [2.24, 2.45) is 0 Å². The highest BCUT2D eigenvalue weighted by molar-refractivity contribution is 7.80. The summed E-state index contributed by atoms with van der Waals surface area (Å²) in [6.45, 7) is 0. The molecule has 0 saturated heterocycles. The number of hydrogen-bond acceptors (Lipinski definition) is 3. The van der Waals surface area contributed by atoms with Crippen LogP contribution in [0.2, 0.25) is 0 Å². The minimum absolute atomic E-state index is 0.239. The van der Waals surface area contributed by atoms with Crippen LogP contribution in [0, 0.1) is 0 Å². The number of benzene rings is 3. The summed E-state index contributed by atoms with van der Waals surface area (Å²) in [5, 5.41) is 6.36. The second kappa shape index (κ2) is 4.86. The van der Waals surface area contributed by atoms with Crippen LogP contribution in [0.5, 0.6) is 0 Å². The van der Waals surface area contributed by atoms with Gasteiger partial charge in [-0.3, -0.25) is 0 Å². The van der Waals surface area contributed by atoms with Crippen LogP contribution in [-0.4, -0.2) is 5.05 Å². The summed E-state index contributed by atoms with van der Waals surface area (Å²) >= 11 is 5.37. The fraction of sp³-hybridized carbons (Fsp3) is 0.0556. The molecule has 21 heavy (non-hydrogen) atoms. The number of fused-ring (bicyclic) bond motifs is 2.